The number of benzene rings is 1. The Labute approximate surface area is 122 Å². The average Bonchev–Trinajstić information content (AvgIpc) is 2.47. The molecule has 0 radical (unpaired) electrons. The fraction of sp³-hybridized carbons (Fsp3) is 0.200. The number of thioether (sulfide) groups is 1. The molecule has 0 amide bonds. The van der Waals surface area contributed by atoms with E-state index in [-0.39, 0.29) is 5.84 Å². The predicted molar refractivity (Wildman–Crippen MR) is 82.7 cm³/mol. The van der Waals surface area contributed by atoms with E-state index in [1.54, 1.807) is 18.0 Å². The SMILES string of the molecule is CSc1cccc(OCCc2ccccn2)c1C(=N)N. The number of nitrogen functional groups attached to an aromatic ring is 1. The molecule has 0 saturated heterocycles. The second kappa shape index (κ2) is 6.96. The van der Waals surface area contributed by atoms with Crippen molar-refractivity contribution in [1.82, 2.24) is 4.98 Å². The molecular weight excluding hydrogens is 270 g/mol. The summed E-state index contributed by atoms with van der Waals surface area (Å²) in [6.45, 7) is 0.509. The van der Waals surface area contributed by atoms with E-state index in [0.29, 0.717) is 17.9 Å². The summed E-state index contributed by atoms with van der Waals surface area (Å²) in [6, 6.07) is 11.5. The van der Waals surface area contributed by atoms with Gasteiger partial charge in [0.25, 0.3) is 0 Å². The highest BCUT2D eigenvalue weighted by molar-refractivity contribution is 7.98. The average molecular weight is 287 g/mol. The monoisotopic (exact) mass is 287 g/mol. The van der Waals surface area contributed by atoms with Crippen LogP contribution in [0.5, 0.6) is 5.75 Å². The van der Waals surface area contributed by atoms with Crippen LogP contribution in [0.2, 0.25) is 0 Å². The number of rotatable bonds is 6. The Morgan fingerprint density at radius 3 is 2.80 bits per heavy atom. The molecule has 3 N–H and O–H groups in total. The largest absolute Gasteiger partial charge is 0.492 e. The van der Waals surface area contributed by atoms with Crippen LogP contribution in [0.3, 0.4) is 0 Å². The van der Waals surface area contributed by atoms with Crippen molar-refractivity contribution in [2.24, 2.45) is 5.73 Å². The number of nitrogens with one attached hydrogen (secondary N) is 1. The molecular formula is C15H17N3OS. The summed E-state index contributed by atoms with van der Waals surface area (Å²) < 4.78 is 5.77. The lowest BCUT2D eigenvalue weighted by atomic mass is 10.2. The first kappa shape index (κ1) is 14.4. The van der Waals surface area contributed by atoms with Crippen LogP contribution in [0, 0.1) is 5.41 Å². The highest BCUT2D eigenvalue weighted by Crippen LogP contribution is 2.28. The molecule has 1 aromatic heterocycles. The molecule has 2 rings (SSSR count). The van der Waals surface area contributed by atoms with Gasteiger partial charge in [-0.15, -0.1) is 11.8 Å². The molecule has 104 valence electrons. The van der Waals surface area contributed by atoms with Crippen molar-refractivity contribution in [2.75, 3.05) is 12.9 Å². The Balaban J connectivity index is 2.08. The predicted octanol–water partition coefficient (Wildman–Crippen LogP) is 2.71. The highest BCUT2D eigenvalue weighted by Gasteiger charge is 2.11. The molecule has 0 unspecified atom stereocenters. The topological polar surface area (TPSA) is 72.0 Å². The maximum atomic E-state index is 7.69. The second-order valence-electron chi connectivity index (χ2n) is 4.17. The zero-order valence-corrected chi connectivity index (χ0v) is 12.1. The fourth-order valence-electron chi connectivity index (χ4n) is 1.88. The van der Waals surface area contributed by atoms with Gasteiger partial charge in [-0.2, -0.15) is 0 Å². The lowest BCUT2D eigenvalue weighted by Gasteiger charge is -2.13. The van der Waals surface area contributed by atoms with Crippen LogP contribution in [-0.2, 0) is 6.42 Å². The molecule has 0 bridgehead atoms. The van der Waals surface area contributed by atoms with Gasteiger partial charge in [-0.05, 0) is 30.5 Å². The van der Waals surface area contributed by atoms with Crippen LogP contribution < -0.4 is 10.5 Å². The third-order valence-electron chi connectivity index (χ3n) is 2.82. The molecule has 0 aliphatic carbocycles. The molecule has 20 heavy (non-hydrogen) atoms. The van der Waals surface area contributed by atoms with Crippen LogP contribution in [0.15, 0.2) is 47.5 Å². The van der Waals surface area contributed by atoms with Gasteiger partial charge in [0.1, 0.15) is 11.6 Å². The Hall–Kier alpha value is -2.01. The molecule has 0 atom stereocenters. The summed E-state index contributed by atoms with van der Waals surface area (Å²) in [7, 11) is 0. The molecule has 0 aliphatic heterocycles. The van der Waals surface area contributed by atoms with Crippen LogP contribution in [0.1, 0.15) is 11.3 Å². The van der Waals surface area contributed by atoms with Crippen LogP contribution in [0.25, 0.3) is 0 Å². The van der Waals surface area contributed by atoms with Crippen molar-refractivity contribution in [1.29, 1.82) is 5.41 Å². The quantitative estimate of drug-likeness (QED) is 0.487. The van der Waals surface area contributed by atoms with E-state index in [1.807, 2.05) is 42.7 Å². The van der Waals surface area contributed by atoms with E-state index in [1.165, 1.54) is 0 Å². The first-order valence-corrected chi connectivity index (χ1v) is 7.49. The molecule has 4 nitrogen and oxygen atoms in total. The van der Waals surface area contributed by atoms with Gasteiger partial charge in [0.2, 0.25) is 0 Å². The summed E-state index contributed by atoms with van der Waals surface area (Å²) >= 11 is 1.55. The van der Waals surface area contributed by atoms with E-state index in [4.69, 9.17) is 15.9 Å². The molecule has 0 saturated carbocycles. The summed E-state index contributed by atoms with van der Waals surface area (Å²) in [4.78, 5) is 5.20. The molecule has 0 aliphatic rings. The lowest BCUT2D eigenvalue weighted by molar-refractivity contribution is 0.319. The van der Waals surface area contributed by atoms with Gasteiger partial charge >= 0.3 is 0 Å². The number of pyridine rings is 1. The van der Waals surface area contributed by atoms with Gasteiger partial charge in [0.05, 0.1) is 12.2 Å². The van der Waals surface area contributed by atoms with Crippen LogP contribution in [-0.4, -0.2) is 23.7 Å². The molecule has 5 heteroatoms. The van der Waals surface area contributed by atoms with Crippen molar-refractivity contribution >= 4 is 17.6 Å². The van der Waals surface area contributed by atoms with Crippen molar-refractivity contribution in [2.45, 2.75) is 11.3 Å². The van der Waals surface area contributed by atoms with Crippen molar-refractivity contribution in [3.8, 4) is 5.75 Å². The highest BCUT2D eigenvalue weighted by atomic mass is 32.2. The van der Waals surface area contributed by atoms with Gasteiger partial charge in [-0.3, -0.25) is 10.4 Å². The Morgan fingerprint density at radius 2 is 2.15 bits per heavy atom. The number of ether oxygens (including phenoxy) is 1. The van der Waals surface area contributed by atoms with Crippen molar-refractivity contribution in [3.63, 3.8) is 0 Å². The van der Waals surface area contributed by atoms with Crippen molar-refractivity contribution in [3.05, 3.63) is 53.9 Å². The molecule has 0 fully saturated rings. The minimum atomic E-state index is 0.0304. The van der Waals surface area contributed by atoms with E-state index < -0.39 is 0 Å². The third-order valence-corrected chi connectivity index (χ3v) is 3.60. The summed E-state index contributed by atoms with van der Waals surface area (Å²) in [5.74, 6) is 0.683. The number of nitrogens with zero attached hydrogens (tertiary/aromatic N) is 1. The van der Waals surface area contributed by atoms with Crippen molar-refractivity contribution < 1.29 is 4.74 Å². The second-order valence-corrected chi connectivity index (χ2v) is 5.01. The summed E-state index contributed by atoms with van der Waals surface area (Å²) in [6.07, 6.45) is 4.45. The minimum Gasteiger partial charge on any atom is -0.492 e. The van der Waals surface area contributed by atoms with Crippen LogP contribution in [0.4, 0.5) is 0 Å². The minimum absolute atomic E-state index is 0.0304. The van der Waals surface area contributed by atoms with E-state index in [2.05, 4.69) is 4.98 Å². The third kappa shape index (κ3) is 3.51. The van der Waals surface area contributed by atoms with Crippen LogP contribution >= 0.6 is 11.8 Å². The fourth-order valence-corrected chi connectivity index (χ4v) is 2.51. The zero-order chi connectivity index (χ0) is 14.4. The van der Waals surface area contributed by atoms with Gasteiger partial charge in [-0.25, -0.2) is 0 Å². The van der Waals surface area contributed by atoms with Gasteiger partial charge in [0.15, 0.2) is 0 Å². The molecule has 1 aromatic carbocycles. The first-order valence-electron chi connectivity index (χ1n) is 6.26. The van der Waals surface area contributed by atoms with Gasteiger partial charge < -0.3 is 10.5 Å². The van der Waals surface area contributed by atoms with Gasteiger partial charge in [0, 0.05) is 23.2 Å². The Morgan fingerprint density at radius 1 is 1.30 bits per heavy atom. The maximum Gasteiger partial charge on any atom is 0.131 e. The Bertz CT molecular complexity index is 587. The van der Waals surface area contributed by atoms with Gasteiger partial charge in [-0.1, -0.05) is 12.1 Å². The van der Waals surface area contributed by atoms with E-state index >= 15 is 0 Å². The standard InChI is InChI=1S/C15H17N3OS/c1-20-13-7-4-6-12(14(13)15(16)17)19-10-8-11-5-2-3-9-18-11/h2-7,9H,8,10H2,1H3,(H3,16,17). The van der Waals surface area contributed by atoms with E-state index in [9.17, 15) is 0 Å². The lowest BCUT2D eigenvalue weighted by Crippen LogP contribution is -2.15. The smallest absolute Gasteiger partial charge is 0.131 e. The molecule has 1 heterocycles. The number of nitrogens with two attached hydrogens (primary N) is 1. The number of aromatic nitrogens is 1. The first-order chi connectivity index (χ1) is 9.72. The Kier molecular flexibility index (Phi) is 5.01. The zero-order valence-electron chi connectivity index (χ0n) is 11.3. The van der Waals surface area contributed by atoms with E-state index in [0.717, 1.165) is 17.0 Å². The number of amidine groups is 1. The normalized spacial score (nSPS) is 10.2. The number of hydrogen-bond acceptors (Lipinski definition) is 4. The maximum absolute atomic E-state index is 7.69. The summed E-state index contributed by atoms with van der Waals surface area (Å²) in [5, 5.41) is 7.69. The molecule has 0 spiro atoms. The summed E-state index contributed by atoms with van der Waals surface area (Å²) in [5.41, 5.74) is 7.30. The molecule has 2 aromatic rings. The number of hydrogen-bond donors (Lipinski definition) is 2.